The van der Waals surface area contributed by atoms with E-state index in [2.05, 4.69) is 26.0 Å². The minimum absolute atomic E-state index is 0.0421. The summed E-state index contributed by atoms with van der Waals surface area (Å²) in [4.78, 5) is 36.5. The lowest BCUT2D eigenvalue weighted by molar-refractivity contribution is -0.889. The Morgan fingerprint density at radius 2 is 1.06 bits per heavy atom. The minimum atomic E-state index is -1.13. The summed E-state index contributed by atoms with van der Waals surface area (Å²) in [5, 5.41) is 11.5. The second-order valence-electron chi connectivity index (χ2n) is 14.2. The molecule has 0 heterocycles. The molecule has 8 heteroatoms. The van der Waals surface area contributed by atoms with Gasteiger partial charge in [0.05, 0.1) is 40.3 Å². The van der Waals surface area contributed by atoms with Crippen molar-refractivity contribution in [2.24, 2.45) is 0 Å². The summed E-state index contributed by atoms with van der Waals surface area (Å²) in [7, 11) is 5.39. The first-order valence-corrected chi connectivity index (χ1v) is 19.2. The number of unbranched alkanes of at least 4 members (excludes halogenated alkanes) is 18. The van der Waals surface area contributed by atoms with Crippen molar-refractivity contribution in [2.45, 2.75) is 180 Å². The Labute approximate surface area is 289 Å². The molecule has 47 heavy (non-hydrogen) atoms. The van der Waals surface area contributed by atoms with E-state index in [1.165, 1.54) is 83.5 Å². The third-order valence-electron chi connectivity index (χ3n) is 8.65. The number of carboxylic acids is 1. The molecule has 2 unspecified atom stereocenters. The monoisotopic (exact) mass is 668 g/mol. The van der Waals surface area contributed by atoms with Crippen molar-refractivity contribution in [1.82, 2.24) is 0 Å². The number of carbonyl (C=O) groups is 3. The van der Waals surface area contributed by atoms with Crippen LogP contribution in [0.4, 0.5) is 0 Å². The predicted octanol–water partition coefficient (Wildman–Crippen LogP) is 8.24. The quantitative estimate of drug-likeness (QED) is 0.0295. The standard InChI is InChI=1S/C39H73NO7/c1-6-8-10-12-14-15-16-17-18-19-20-21-22-24-25-27-29-37(41)46-34-35(33-45-32-31-36(39(43)44)40(3,4)5)47-38(42)30-28-26-23-13-11-9-7-2/h18-19,35-36H,6-17,20-34H2,1-5H3/b19-18+. The van der Waals surface area contributed by atoms with Crippen molar-refractivity contribution >= 4 is 17.9 Å². The van der Waals surface area contributed by atoms with Gasteiger partial charge in [-0.15, -0.1) is 0 Å². The van der Waals surface area contributed by atoms with Crippen LogP contribution in [0.25, 0.3) is 0 Å². The van der Waals surface area contributed by atoms with Crippen molar-refractivity contribution in [1.29, 1.82) is 0 Å². The number of carbonyl (C=O) groups excluding carboxylic acids is 3. The molecule has 0 aromatic carbocycles. The van der Waals surface area contributed by atoms with Crippen LogP contribution in [0.5, 0.6) is 0 Å². The summed E-state index contributed by atoms with van der Waals surface area (Å²) in [6, 6.07) is -0.720. The Bertz CT molecular complexity index is 793. The Kier molecular flexibility index (Phi) is 30.1. The van der Waals surface area contributed by atoms with Gasteiger partial charge in [-0.25, -0.2) is 0 Å². The van der Waals surface area contributed by atoms with Crippen molar-refractivity contribution in [3.8, 4) is 0 Å². The summed E-state index contributed by atoms with van der Waals surface area (Å²) < 4.78 is 17.0. The van der Waals surface area contributed by atoms with Crippen LogP contribution in [0.3, 0.4) is 0 Å². The first kappa shape index (κ1) is 45.1. The van der Waals surface area contributed by atoms with Crippen LogP contribution in [0, 0.1) is 0 Å². The molecule has 0 aromatic rings. The number of carboxylic acid groups (broad SMARTS) is 1. The van der Waals surface area contributed by atoms with Gasteiger partial charge < -0.3 is 28.6 Å². The maximum atomic E-state index is 12.5. The molecular weight excluding hydrogens is 594 g/mol. The molecule has 0 aliphatic heterocycles. The normalized spacial score (nSPS) is 13.1. The zero-order valence-corrected chi connectivity index (χ0v) is 31.2. The molecular formula is C39H73NO7. The Hall–Kier alpha value is -1.93. The summed E-state index contributed by atoms with van der Waals surface area (Å²) in [5.74, 6) is -1.75. The number of allylic oxidation sites excluding steroid dienone is 2. The largest absolute Gasteiger partial charge is 0.544 e. The second-order valence-corrected chi connectivity index (χ2v) is 14.2. The molecule has 0 bridgehead atoms. The van der Waals surface area contributed by atoms with Crippen LogP contribution in [0.1, 0.15) is 168 Å². The number of hydrogen-bond acceptors (Lipinski definition) is 7. The number of rotatable bonds is 34. The lowest BCUT2D eigenvalue weighted by Crippen LogP contribution is -2.55. The van der Waals surface area contributed by atoms with Gasteiger partial charge in [0.2, 0.25) is 0 Å². The zero-order chi connectivity index (χ0) is 35.0. The molecule has 276 valence electrons. The number of nitrogens with zero attached hydrogens (tertiary/aromatic N) is 1. The van der Waals surface area contributed by atoms with Crippen LogP contribution in [0.2, 0.25) is 0 Å². The van der Waals surface area contributed by atoms with Crippen molar-refractivity contribution in [3.63, 3.8) is 0 Å². The Morgan fingerprint density at radius 1 is 0.617 bits per heavy atom. The topological polar surface area (TPSA) is 102 Å². The fourth-order valence-corrected chi connectivity index (χ4v) is 5.59. The average molecular weight is 668 g/mol. The van der Waals surface area contributed by atoms with Gasteiger partial charge in [0.1, 0.15) is 12.6 Å². The predicted molar refractivity (Wildman–Crippen MR) is 190 cm³/mol. The van der Waals surface area contributed by atoms with E-state index in [1.807, 2.05) is 0 Å². The SMILES string of the molecule is CCCCCCCCC/C=C/CCCCCCCC(=O)OCC(COCCC(C(=O)[O-])[N+](C)(C)C)OC(=O)CCCCCCCCC. The third-order valence-corrected chi connectivity index (χ3v) is 8.65. The fourth-order valence-electron chi connectivity index (χ4n) is 5.59. The lowest BCUT2D eigenvalue weighted by Gasteiger charge is -2.34. The van der Waals surface area contributed by atoms with Crippen molar-refractivity contribution < 1.29 is 38.2 Å². The zero-order valence-electron chi connectivity index (χ0n) is 31.2. The smallest absolute Gasteiger partial charge is 0.306 e. The highest BCUT2D eigenvalue weighted by atomic mass is 16.6. The van der Waals surface area contributed by atoms with Gasteiger partial charge in [-0.2, -0.15) is 0 Å². The van der Waals surface area contributed by atoms with Crippen LogP contribution < -0.4 is 5.11 Å². The second kappa shape index (κ2) is 31.3. The van der Waals surface area contributed by atoms with Gasteiger partial charge in [-0.1, -0.05) is 122 Å². The number of likely N-dealkylation sites (N-methyl/N-ethyl adjacent to an activating group) is 1. The molecule has 8 nitrogen and oxygen atoms in total. The van der Waals surface area contributed by atoms with E-state index in [-0.39, 0.29) is 42.7 Å². The summed E-state index contributed by atoms with van der Waals surface area (Å²) >= 11 is 0. The van der Waals surface area contributed by atoms with Crippen LogP contribution in [-0.4, -0.2) is 75.5 Å². The molecule has 0 aliphatic rings. The van der Waals surface area contributed by atoms with Crippen LogP contribution in [0.15, 0.2) is 12.2 Å². The number of esters is 2. The average Bonchev–Trinajstić information content (AvgIpc) is 3.01. The van der Waals surface area contributed by atoms with E-state index in [9.17, 15) is 19.5 Å². The first-order chi connectivity index (χ1) is 22.6. The van der Waals surface area contributed by atoms with E-state index in [1.54, 1.807) is 21.1 Å². The Balaban J connectivity index is 4.31. The maximum Gasteiger partial charge on any atom is 0.306 e. The van der Waals surface area contributed by atoms with Gasteiger partial charge >= 0.3 is 11.9 Å². The fraction of sp³-hybridized carbons (Fsp3) is 0.872. The van der Waals surface area contributed by atoms with E-state index in [4.69, 9.17) is 14.2 Å². The van der Waals surface area contributed by atoms with Gasteiger partial charge in [0.25, 0.3) is 0 Å². The maximum absolute atomic E-state index is 12.5. The molecule has 0 radical (unpaired) electrons. The molecule has 0 saturated carbocycles. The molecule has 0 rings (SSSR count). The number of ether oxygens (including phenoxy) is 3. The molecule has 0 spiro atoms. The highest BCUT2D eigenvalue weighted by Gasteiger charge is 2.25. The summed E-state index contributed by atoms with van der Waals surface area (Å²) in [5.41, 5.74) is 0. The molecule has 0 amide bonds. The summed E-state index contributed by atoms with van der Waals surface area (Å²) in [6.45, 7) is 4.60. The van der Waals surface area contributed by atoms with Crippen molar-refractivity contribution in [3.05, 3.63) is 12.2 Å². The third kappa shape index (κ3) is 29.9. The number of hydrogen-bond donors (Lipinski definition) is 0. The van der Waals surface area contributed by atoms with E-state index in [0.29, 0.717) is 12.8 Å². The first-order valence-electron chi connectivity index (χ1n) is 19.2. The number of quaternary nitrogens is 1. The van der Waals surface area contributed by atoms with Crippen LogP contribution in [-0.2, 0) is 28.6 Å². The number of aliphatic carboxylic acids is 1. The van der Waals surface area contributed by atoms with Gasteiger partial charge in [0.15, 0.2) is 6.10 Å². The van der Waals surface area contributed by atoms with Crippen molar-refractivity contribution in [2.75, 3.05) is 41.0 Å². The highest BCUT2D eigenvalue weighted by Crippen LogP contribution is 2.13. The van der Waals surface area contributed by atoms with E-state index >= 15 is 0 Å². The van der Waals surface area contributed by atoms with Gasteiger partial charge in [-0.3, -0.25) is 9.59 Å². The summed E-state index contributed by atoms with van der Waals surface area (Å²) in [6.07, 6.45) is 29.6. The van der Waals surface area contributed by atoms with Crippen LogP contribution >= 0.6 is 0 Å². The highest BCUT2D eigenvalue weighted by molar-refractivity contribution is 5.70. The molecule has 0 N–H and O–H groups in total. The molecule has 0 fully saturated rings. The molecule has 2 atom stereocenters. The van der Waals surface area contributed by atoms with Gasteiger partial charge in [0, 0.05) is 19.3 Å². The molecule has 0 saturated heterocycles. The molecule has 0 aliphatic carbocycles. The van der Waals surface area contributed by atoms with E-state index in [0.717, 1.165) is 51.4 Å². The minimum Gasteiger partial charge on any atom is -0.544 e. The Morgan fingerprint density at radius 3 is 1.53 bits per heavy atom. The lowest BCUT2D eigenvalue weighted by atomic mass is 10.1. The molecule has 0 aromatic heterocycles. The van der Waals surface area contributed by atoms with E-state index < -0.39 is 18.1 Å². The van der Waals surface area contributed by atoms with Gasteiger partial charge in [-0.05, 0) is 38.5 Å².